The van der Waals surface area contributed by atoms with Gasteiger partial charge in [-0.05, 0) is 61.7 Å². The molecule has 7 nitrogen and oxygen atoms in total. The number of carbonyl (C=O) groups is 4. The molecular weight excluding hydrogens is 420 g/mol. The third-order valence-electron chi connectivity index (χ3n) is 6.59. The Hall–Kier alpha value is -3.74. The Morgan fingerprint density at radius 3 is 2.21 bits per heavy atom. The SMILES string of the molecule is Cc1cccc(N2C[C@H](C(=O)Oc3ccc(N4C(=O)[C@@H]5CC=CC[C@H]5C4=O)cc3)CC2=O)c1. The van der Waals surface area contributed by atoms with Gasteiger partial charge in [-0.25, -0.2) is 0 Å². The van der Waals surface area contributed by atoms with E-state index in [9.17, 15) is 19.2 Å². The molecule has 2 aliphatic heterocycles. The monoisotopic (exact) mass is 444 g/mol. The molecule has 2 aromatic rings. The first-order chi connectivity index (χ1) is 15.9. The van der Waals surface area contributed by atoms with Crippen molar-refractivity contribution in [3.8, 4) is 5.75 Å². The third kappa shape index (κ3) is 3.84. The van der Waals surface area contributed by atoms with Crippen LogP contribution in [-0.4, -0.2) is 30.2 Å². The van der Waals surface area contributed by atoms with Crippen LogP contribution in [0.1, 0.15) is 24.8 Å². The molecule has 0 spiro atoms. The van der Waals surface area contributed by atoms with Gasteiger partial charge in [-0.1, -0.05) is 24.3 Å². The van der Waals surface area contributed by atoms with Gasteiger partial charge in [0.15, 0.2) is 0 Å². The standard InChI is InChI=1S/C26H24N2O5/c1-16-5-4-6-19(13-16)27-15-17(14-23(27)29)26(32)33-20-11-9-18(10-12-20)28-24(30)21-7-2-3-8-22(21)25(28)31/h2-6,9-13,17,21-22H,7-8,14-15H2,1H3/t17-,21-,22-/m1/s1. The number of imide groups is 1. The summed E-state index contributed by atoms with van der Waals surface area (Å²) < 4.78 is 5.50. The molecule has 1 aliphatic carbocycles. The summed E-state index contributed by atoms with van der Waals surface area (Å²) >= 11 is 0. The molecule has 2 heterocycles. The molecule has 0 bridgehead atoms. The summed E-state index contributed by atoms with van der Waals surface area (Å²) in [5, 5.41) is 0. The van der Waals surface area contributed by atoms with E-state index in [1.165, 1.54) is 4.90 Å². The number of rotatable bonds is 4. The molecular formula is C26H24N2O5. The van der Waals surface area contributed by atoms with E-state index < -0.39 is 11.9 Å². The van der Waals surface area contributed by atoms with Crippen LogP contribution in [-0.2, 0) is 19.2 Å². The van der Waals surface area contributed by atoms with E-state index in [0.717, 1.165) is 11.3 Å². The predicted octanol–water partition coefficient (Wildman–Crippen LogP) is 3.41. The lowest BCUT2D eigenvalue weighted by Crippen LogP contribution is -2.30. The summed E-state index contributed by atoms with van der Waals surface area (Å²) in [7, 11) is 0. The Labute approximate surface area is 191 Å². The first-order valence-corrected chi connectivity index (χ1v) is 11.1. The maximum atomic E-state index is 12.7. The summed E-state index contributed by atoms with van der Waals surface area (Å²) in [6.07, 6.45) is 5.17. The van der Waals surface area contributed by atoms with Crippen molar-refractivity contribution in [1.29, 1.82) is 0 Å². The largest absolute Gasteiger partial charge is 0.426 e. The van der Waals surface area contributed by atoms with E-state index in [-0.39, 0.29) is 42.5 Å². The van der Waals surface area contributed by atoms with Crippen molar-refractivity contribution in [2.75, 3.05) is 16.3 Å². The van der Waals surface area contributed by atoms with E-state index in [0.29, 0.717) is 24.3 Å². The van der Waals surface area contributed by atoms with E-state index in [1.807, 2.05) is 43.3 Å². The molecule has 7 heteroatoms. The Balaban J connectivity index is 1.24. The Morgan fingerprint density at radius 2 is 1.58 bits per heavy atom. The highest BCUT2D eigenvalue weighted by atomic mass is 16.5. The summed E-state index contributed by atoms with van der Waals surface area (Å²) in [5.74, 6) is -1.79. The molecule has 3 atom stereocenters. The second kappa shape index (κ2) is 8.31. The lowest BCUT2D eigenvalue weighted by Gasteiger charge is -2.17. The lowest BCUT2D eigenvalue weighted by atomic mass is 9.85. The van der Waals surface area contributed by atoms with Crippen molar-refractivity contribution >= 4 is 35.1 Å². The number of hydrogen-bond donors (Lipinski definition) is 0. The van der Waals surface area contributed by atoms with Crippen LogP contribution in [0.5, 0.6) is 5.75 Å². The van der Waals surface area contributed by atoms with Crippen LogP contribution in [0, 0.1) is 24.7 Å². The predicted molar refractivity (Wildman–Crippen MR) is 122 cm³/mol. The number of carbonyl (C=O) groups excluding carboxylic acids is 4. The van der Waals surface area contributed by atoms with Gasteiger partial charge in [0, 0.05) is 18.7 Å². The van der Waals surface area contributed by atoms with Crippen LogP contribution in [0.3, 0.4) is 0 Å². The van der Waals surface area contributed by atoms with Crippen LogP contribution in [0.4, 0.5) is 11.4 Å². The van der Waals surface area contributed by atoms with E-state index in [2.05, 4.69) is 0 Å². The summed E-state index contributed by atoms with van der Waals surface area (Å²) in [6, 6.07) is 14.0. The van der Waals surface area contributed by atoms with Crippen LogP contribution >= 0.6 is 0 Å². The number of fused-ring (bicyclic) bond motifs is 1. The number of nitrogens with zero attached hydrogens (tertiary/aromatic N) is 2. The first kappa shape index (κ1) is 21.1. The highest BCUT2D eigenvalue weighted by molar-refractivity contribution is 6.22. The number of esters is 1. The van der Waals surface area contributed by atoms with Crippen LogP contribution in [0.25, 0.3) is 0 Å². The van der Waals surface area contributed by atoms with Crippen LogP contribution in [0.15, 0.2) is 60.7 Å². The number of anilines is 2. The molecule has 168 valence electrons. The molecule has 5 rings (SSSR count). The molecule has 0 saturated carbocycles. The second-order valence-corrected chi connectivity index (χ2v) is 8.83. The zero-order chi connectivity index (χ0) is 23.1. The fourth-order valence-corrected chi connectivity index (χ4v) is 4.83. The number of aryl methyl sites for hydroxylation is 1. The van der Waals surface area contributed by atoms with Gasteiger partial charge in [-0.3, -0.25) is 24.1 Å². The van der Waals surface area contributed by atoms with Crippen molar-refractivity contribution in [3.05, 3.63) is 66.2 Å². The van der Waals surface area contributed by atoms with E-state index in [4.69, 9.17) is 4.74 Å². The van der Waals surface area contributed by atoms with Crippen molar-refractivity contribution in [2.45, 2.75) is 26.2 Å². The fraction of sp³-hybridized carbons (Fsp3) is 0.308. The van der Waals surface area contributed by atoms with Crippen molar-refractivity contribution in [3.63, 3.8) is 0 Å². The maximum Gasteiger partial charge on any atom is 0.316 e. The number of hydrogen-bond acceptors (Lipinski definition) is 5. The summed E-state index contributed by atoms with van der Waals surface area (Å²) in [4.78, 5) is 53.5. The minimum Gasteiger partial charge on any atom is -0.426 e. The van der Waals surface area contributed by atoms with Gasteiger partial charge in [-0.2, -0.15) is 0 Å². The molecule has 2 saturated heterocycles. The molecule has 3 aliphatic rings. The zero-order valence-corrected chi connectivity index (χ0v) is 18.3. The average molecular weight is 444 g/mol. The summed E-state index contributed by atoms with van der Waals surface area (Å²) in [5.41, 5.74) is 2.29. The number of benzene rings is 2. The van der Waals surface area contributed by atoms with Gasteiger partial charge in [0.05, 0.1) is 23.4 Å². The molecule has 0 unspecified atom stereocenters. The Bertz CT molecular complexity index is 1140. The third-order valence-corrected chi connectivity index (χ3v) is 6.59. The zero-order valence-electron chi connectivity index (χ0n) is 18.3. The molecule has 2 fully saturated rings. The van der Waals surface area contributed by atoms with Crippen LogP contribution < -0.4 is 14.5 Å². The molecule has 2 aromatic carbocycles. The molecule has 3 amide bonds. The first-order valence-electron chi connectivity index (χ1n) is 11.1. The van der Waals surface area contributed by atoms with Crippen LogP contribution in [0.2, 0.25) is 0 Å². The van der Waals surface area contributed by atoms with Gasteiger partial charge in [-0.15, -0.1) is 0 Å². The highest BCUT2D eigenvalue weighted by Gasteiger charge is 2.47. The molecule has 33 heavy (non-hydrogen) atoms. The normalized spacial score (nSPS) is 24.4. The highest BCUT2D eigenvalue weighted by Crippen LogP contribution is 2.38. The second-order valence-electron chi connectivity index (χ2n) is 8.83. The topological polar surface area (TPSA) is 84.0 Å². The van der Waals surface area contributed by atoms with E-state index in [1.54, 1.807) is 29.2 Å². The molecule has 0 N–H and O–H groups in total. The minimum absolute atomic E-state index is 0.0957. The number of amides is 3. The molecule has 0 radical (unpaired) electrons. The van der Waals surface area contributed by atoms with Crippen molar-refractivity contribution in [1.82, 2.24) is 0 Å². The summed E-state index contributed by atoms with van der Waals surface area (Å²) in [6.45, 7) is 2.22. The number of ether oxygens (including phenoxy) is 1. The average Bonchev–Trinajstić information content (AvgIpc) is 3.32. The van der Waals surface area contributed by atoms with Gasteiger partial charge in [0.25, 0.3) is 0 Å². The van der Waals surface area contributed by atoms with Crippen molar-refractivity contribution in [2.24, 2.45) is 17.8 Å². The molecule has 0 aromatic heterocycles. The lowest BCUT2D eigenvalue weighted by molar-refractivity contribution is -0.139. The van der Waals surface area contributed by atoms with Gasteiger partial charge >= 0.3 is 5.97 Å². The van der Waals surface area contributed by atoms with Gasteiger partial charge in [0.1, 0.15) is 5.75 Å². The maximum absolute atomic E-state index is 12.7. The van der Waals surface area contributed by atoms with Crippen molar-refractivity contribution < 1.29 is 23.9 Å². The Morgan fingerprint density at radius 1 is 0.909 bits per heavy atom. The van der Waals surface area contributed by atoms with Gasteiger partial charge in [0.2, 0.25) is 17.7 Å². The minimum atomic E-state index is -0.560. The Kier molecular flexibility index (Phi) is 5.32. The fourth-order valence-electron chi connectivity index (χ4n) is 4.83. The quantitative estimate of drug-likeness (QED) is 0.312. The van der Waals surface area contributed by atoms with E-state index >= 15 is 0 Å². The van der Waals surface area contributed by atoms with Gasteiger partial charge < -0.3 is 9.64 Å². The smallest absolute Gasteiger partial charge is 0.316 e. The number of allylic oxidation sites excluding steroid dienone is 2.